The maximum atomic E-state index is 10.2. The van der Waals surface area contributed by atoms with E-state index in [2.05, 4.69) is 0 Å². The van der Waals surface area contributed by atoms with Crippen LogP contribution in [0.2, 0.25) is 0 Å². The molecule has 0 atom stereocenters. The Morgan fingerprint density at radius 2 is 0.882 bits per heavy atom. The van der Waals surface area contributed by atoms with Gasteiger partial charge in [0, 0.05) is 12.4 Å². The van der Waals surface area contributed by atoms with Gasteiger partial charge in [0.2, 0.25) is 0 Å². The van der Waals surface area contributed by atoms with Crippen molar-refractivity contribution in [2.45, 2.75) is 109 Å². The van der Waals surface area contributed by atoms with Crippen LogP contribution in [0.5, 0.6) is 0 Å². The van der Waals surface area contributed by atoms with Crippen LogP contribution in [0.3, 0.4) is 0 Å². The molecule has 0 aromatic heterocycles. The van der Waals surface area contributed by atoms with Gasteiger partial charge in [-0.25, -0.2) is 0 Å². The molecule has 8 nitrogen and oxygen atoms in total. The van der Waals surface area contributed by atoms with Crippen LogP contribution in [-0.4, -0.2) is 39.0 Å². The number of aliphatic carboxylic acids is 1. The molecule has 0 rings (SSSR count). The van der Waals surface area contributed by atoms with E-state index in [1.54, 1.807) is 0 Å². The van der Waals surface area contributed by atoms with Crippen molar-refractivity contribution in [1.82, 2.24) is 5.48 Å². The third kappa shape index (κ3) is 76.5. The summed E-state index contributed by atoms with van der Waals surface area (Å²) in [5.74, 6) is -0.918. The Morgan fingerprint density at radius 1 is 0.618 bits per heavy atom. The minimum absolute atomic E-state index is 0. The van der Waals surface area contributed by atoms with Crippen molar-refractivity contribution in [2.24, 2.45) is 0 Å². The Bertz CT molecular complexity index is 361. The van der Waals surface area contributed by atoms with E-state index in [0.717, 1.165) is 45.5 Å². The summed E-state index contributed by atoms with van der Waals surface area (Å²) >= 11 is 0. The van der Waals surface area contributed by atoms with Gasteiger partial charge < -0.3 is 40.1 Å². The Kier molecular flexibility index (Phi) is 95.5. The third-order valence-electron chi connectivity index (χ3n) is 4.15. The molecule has 0 aromatic rings. The quantitative estimate of drug-likeness (QED) is 0.0536. The van der Waals surface area contributed by atoms with Gasteiger partial charge in [-0.1, -0.05) is 77.0 Å². The molecule has 0 heterocycles. The number of rotatable bonds is 19. The predicted molar refractivity (Wildman–Crippen MR) is 120 cm³/mol. The fraction of sp³-hybridized carbons (Fsp3) is 0.826. The maximum absolute atomic E-state index is 10.2. The van der Waals surface area contributed by atoms with Crippen LogP contribution in [0.1, 0.15) is 109 Å². The van der Waals surface area contributed by atoms with Crippen molar-refractivity contribution >= 4 is 24.8 Å². The Morgan fingerprint density at radius 3 is 1.09 bits per heavy atom. The molecule has 11 heteroatoms. The van der Waals surface area contributed by atoms with Gasteiger partial charge in [-0.2, -0.15) is 7.11 Å². The van der Waals surface area contributed by atoms with Gasteiger partial charge in [0.25, 0.3) is 0 Å². The van der Waals surface area contributed by atoms with Gasteiger partial charge in [0.1, 0.15) is 18.9 Å². The van der Waals surface area contributed by atoms with E-state index in [9.17, 15) is 24.3 Å². The van der Waals surface area contributed by atoms with Gasteiger partial charge in [-0.3, -0.25) is 0 Å². The summed E-state index contributed by atoms with van der Waals surface area (Å²) in [4.78, 5) is 38.7. The Balaban J connectivity index is -0.0000000957. The number of carbonyl (C=O) groups excluding carboxylic acids is 4. The molecule has 0 aliphatic rings. The molecule has 34 heavy (non-hydrogen) atoms. The van der Waals surface area contributed by atoms with Crippen LogP contribution in [0.4, 0.5) is 0 Å². The number of carbonyl (C=O) groups is 4. The normalized spacial score (nSPS) is 8.24. The number of carboxylic acid groups (broad SMARTS) is 1. The first-order valence-corrected chi connectivity index (χ1v) is 11.3. The number of hydrogen-bond acceptors (Lipinski definition) is 8. The first-order chi connectivity index (χ1) is 15.1. The number of unbranched alkanes of at least 4 members (excludes halogenated alkanes) is 14. The van der Waals surface area contributed by atoms with E-state index in [4.69, 9.17) is 10.3 Å². The van der Waals surface area contributed by atoms with Crippen LogP contribution in [0.15, 0.2) is 0 Å². The van der Waals surface area contributed by atoms with Gasteiger partial charge >= 0.3 is 154 Å². The molecule has 0 aliphatic heterocycles. The SMILES string of the molecule is CN[O-].C[O-].O=CCC=O.O=CCCCCCCCCCCCCCCCCC(=O)[O-].[K+].[K+].[K+]. The van der Waals surface area contributed by atoms with E-state index >= 15 is 0 Å². The Hall–Kier alpha value is 3.27. The zero-order valence-electron chi connectivity index (χ0n) is 22.6. The first kappa shape index (κ1) is 53.5. The zero-order valence-corrected chi connectivity index (χ0v) is 32.0. The monoisotopic (exact) mass is 563 g/mol. The predicted octanol–water partition coefficient (Wildman–Crippen LogP) is -6.36. The molecule has 0 unspecified atom stereocenters. The molecule has 1 N–H and O–H groups in total. The number of carboxylic acids is 1. The van der Waals surface area contributed by atoms with Gasteiger partial charge in [-0.05, 0) is 26.3 Å². The molecular weight excluding hydrogens is 520 g/mol. The van der Waals surface area contributed by atoms with Crippen LogP contribution in [-0.2, 0) is 19.2 Å². The average Bonchev–Trinajstić information content (AvgIpc) is 2.76. The summed E-state index contributed by atoms with van der Waals surface area (Å²) in [6, 6.07) is 0. The van der Waals surface area contributed by atoms with E-state index in [0.29, 0.717) is 12.6 Å². The van der Waals surface area contributed by atoms with Crippen LogP contribution < -0.4 is 170 Å². The fourth-order valence-electron chi connectivity index (χ4n) is 2.66. The van der Waals surface area contributed by atoms with Crippen LogP contribution >= 0.6 is 0 Å². The second kappa shape index (κ2) is 60.7. The molecule has 0 saturated carbocycles. The third-order valence-corrected chi connectivity index (χ3v) is 4.15. The molecule has 0 radical (unpaired) electrons. The van der Waals surface area contributed by atoms with Crippen molar-refractivity contribution < 1.29 is 184 Å². The second-order valence-electron chi connectivity index (χ2n) is 6.80. The van der Waals surface area contributed by atoms with Crippen molar-refractivity contribution in [3.63, 3.8) is 0 Å². The minimum Gasteiger partial charge on any atom is -0.857 e. The Labute approximate surface area is 335 Å². The first-order valence-electron chi connectivity index (χ1n) is 11.3. The van der Waals surface area contributed by atoms with Crippen LogP contribution in [0, 0.1) is 5.21 Å². The number of nitrogens with one attached hydrogen (secondary N) is 1. The number of aldehydes is 3. The van der Waals surface area contributed by atoms with E-state index in [-0.39, 0.29) is 167 Å². The topological polar surface area (TPSA) is 149 Å². The minimum atomic E-state index is -0.918. The number of hydrogen-bond donors (Lipinski definition) is 1. The molecule has 0 spiro atoms. The summed E-state index contributed by atoms with van der Waals surface area (Å²) in [7, 11) is 2.07. The van der Waals surface area contributed by atoms with Crippen molar-refractivity contribution in [2.75, 3.05) is 14.2 Å². The molecular formula is C23H44K3NO7. The molecule has 0 aromatic carbocycles. The molecule has 0 aliphatic carbocycles. The van der Waals surface area contributed by atoms with Crippen molar-refractivity contribution in [3.8, 4) is 0 Å². The smallest absolute Gasteiger partial charge is 0.857 e. The van der Waals surface area contributed by atoms with Gasteiger partial charge in [-0.15, -0.1) is 0 Å². The fourth-order valence-corrected chi connectivity index (χ4v) is 2.66. The number of hydroxylamine groups is 1. The van der Waals surface area contributed by atoms with Gasteiger partial charge in [0.15, 0.2) is 0 Å². The second-order valence-corrected chi connectivity index (χ2v) is 6.80. The summed E-state index contributed by atoms with van der Waals surface area (Å²) < 4.78 is 0. The molecule has 0 fully saturated rings. The van der Waals surface area contributed by atoms with Crippen molar-refractivity contribution in [3.05, 3.63) is 5.21 Å². The largest absolute Gasteiger partial charge is 1.00 e. The average molecular weight is 564 g/mol. The van der Waals surface area contributed by atoms with Crippen LogP contribution in [0.25, 0.3) is 0 Å². The van der Waals surface area contributed by atoms with E-state index in [1.165, 1.54) is 76.7 Å². The summed E-state index contributed by atoms with van der Waals surface area (Å²) in [6.45, 7) is 0. The van der Waals surface area contributed by atoms with E-state index in [1.807, 2.05) is 0 Å². The zero-order chi connectivity index (χ0) is 24.4. The van der Waals surface area contributed by atoms with E-state index < -0.39 is 5.97 Å². The summed E-state index contributed by atoms with van der Waals surface area (Å²) in [6.07, 6.45) is 20.2. The molecule has 0 saturated heterocycles. The summed E-state index contributed by atoms with van der Waals surface area (Å²) in [5, 5.41) is 27.2. The molecule has 0 amide bonds. The maximum Gasteiger partial charge on any atom is 1.00 e. The molecule has 186 valence electrons. The van der Waals surface area contributed by atoms with Gasteiger partial charge in [0.05, 0.1) is 6.42 Å². The molecule has 0 bridgehead atoms. The van der Waals surface area contributed by atoms with Crippen molar-refractivity contribution in [1.29, 1.82) is 0 Å². The standard InChI is InChI=1S/C18H34O3.C3H4O2.CH4NO.CH3O.3K/c19-17-15-13-11-9-7-5-3-1-2-4-6-8-10-12-14-16-18(20)21;4-2-1-3-5;1-2-3;1-2;;;/h17H,1-16H2,(H,20,21);2-3H,1H2;2H,1H3;1H3;;;/q;;2*-1;3*+1/p-1. The summed E-state index contributed by atoms with van der Waals surface area (Å²) in [5.41, 5.74) is 1.50.